The number of cyclic esters (lactones) is 1. The van der Waals surface area contributed by atoms with Crippen molar-refractivity contribution in [3.63, 3.8) is 0 Å². The van der Waals surface area contributed by atoms with E-state index in [4.69, 9.17) is 37.9 Å². The number of rotatable bonds is 12. The molecule has 2 fully saturated rings. The molecule has 2 saturated heterocycles. The van der Waals surface area contributed by atoms with Gasteiger partial charge in [-0.05, 0) is 66.0 Å². The summed E-state index contributed by atoms with van der Waals surface area (Å²) >= 11 is 0. The second kappa shape index (κ2) is 24.2. The molecule has 0 saturated carbocycles. The lowest BCUT2D eigenvalue weighted by Crippen LogP contribution is -2.66. The van der Waals surface area contributed by atoms with Crippen molar-refractivity contribution in [1.82, 2.24) is 4.90 Å². The van der Waals surface area contributed by atoms with Crippen LogP contribution < -0.4 is 0 Å². The summed E-state index contributed by atoms with van der Waals surface area (Å²) in [6.07, 6.45) is -4.11. The van der Waals surface area contributed by atoms with E-state index >= 15 is 0 Å². The van der Waals surface area contributed by atoms with Gasteiger partial charge in [-0.3, -0.25) is 14.4 Å². The van der Waals surface area contributed by atoms with Crippen LogP contribution in [0.1, 0.15) is 93.9 Å². The number of allylic oxidation sites excluding steroid dienone is 2. The molecular weight excluding hydrogens is 794 g/mol. The van der Waals surface area contributed by atoms with Gasteiger partial charge in [-0.1, -0.05) is 45.1 Å². The molecule has 3 aliphatic rings. The summed E-state index contributed by atoms with van der Waals surface area (Å²) in [5.41, 5.74) is -1.50. The molecule has 59 heavy (non-hydrogen) atoms. The van der Waals surface area contributed by atoms with Crippen molar-refractivity contribution < 1.29 is 72.4 Å². The van der Waals surface area contributed by atoms with Gasteiger partial charge in [-0.2, -0.15) is 0 Å². The van der Waals surface area contributed by atoms with Crippen LogP contribution in [-0.4, -0.2) is 151 Å². The van der Waals surface area contributed by atoms with Gasteiger partial charge in [-0.25, -0.2) is 0 Å². The number of halogens is 1. The lowest BCUT2D eigenvalue weighted by molar-refractivity contribution is -0.344. The molecule has 1 unspecified atom stereocenters. The molecule has 0 aromatic carbocycles. The Morgan fingerprint density at radius 3 is 2.27 bits per heavy atom. The summed E-state index contributed by atoms with van der Waals surface area (Å²) in [5, 5.41) is 34.6. The first-order valence-corrected chi connectivity index (χ1v) is 20.4. The van der Waals surface area contributed by atoms with Crippen molar-refractivity contribution in [3.05, 3.63) is 24.3 Å². The second-order valence-corrected chi connectivity index (χ2v) is 17.0. The zero-order valence-corrected chi connectivity index (χ0v) is 37.3. The molecule has 16 atom stereocenters. The number of esters is 3. The zero-order chi connectivity index (χ0) is 43.5. The van der Waals surface area contributed by atoms with E-state index in [0.717, 1.165) is 0 Å². The number of nitrogens with zero attached hydrogens (tertiary/aromatic N) is 1. The number of methoxy groups -OCH3 is 1. The summed E-state index contributed by atoms with van der Waals surface area (Å²) in [6.45, 7) is 13.5. The number of carbonyl (C=O) groups is 4. The van der Waals surface area contributed by atoms with Crippen LogP contribution in [0.25, 0.3) is 0 Å². The number of likely N-dealkylation sites (N-methyl/N-ethyl adjacent to an activating group) is 1. The highest BCUT2D eigenvalue weighted by Crippen LogP contribution is 2.38. The molecular formula is C42H70ClNO15. The fourth-order valence-corrected chi connectivity index (χ4v) is 8.08. The van der Waals surface area contributed by atoms with Gasteiger partial charge in [0.2, 0.25) is 0 Å². The van der Waals surface area contributed by atoms with Crippen LogP contribution in [0.5, 0.6) is 0 Å². The SMILES string of the molecule is CO[C@@H]1C(O[C@@H]2O[C@H](C)[C@@H](O[C@H]3C[C@@](C)(O)[C@@H](OC(=O)CC(C)C)[C@H](C)O3)[C@H](N(C)C)[C@H]2O)[C@@H](CC=O)C[C@@H](C)[C@@H](O)/C=C/C=C\C[C@@H](C)OC(=O)C[C@H]1OC(C)=O.Cl. The highest BCUT2D eigenvalue weighted by molar-refractivity contribution is 5.85. The molecule has 3 N–H and O–H groups in total. The molecule has 3 rings (SSSR count). The van der Waals surface area contributed by atoms with Crippen molar-refractivity contribution >= 4 is 36.6 Å². The third-order valence-corrected chi connectivity index (χ3v) is 10.9. The van der Waals surface area contributed by atoms with Gasteiger partial charge in [0, 0.05) is 39.7 Å². The second-order valence-electron chi connectivity index (χ2n) is 17.0. The predicted octanol–water partition coefficient (Wildman–Crippen LogP) is 3.44. The third kappa shape index (κ3) is 15.4. The van der Waals surface area contributed by atoms with E-state index in [9.17, 15) is 34.5 Å². The van der Waals surface area contributed by atoms with Gasteiger partial charge >= 0.3 is 17.9 Å². The first kappa shape index (κ1) is 52.6. The highest BCUT2D eigenvalue weighted by atomic mass is 35.5. The highest BCUT2D eigenvalue weighted by Gasteiger charge is 2.53. The van der Waals surface area contributed by atoms with E-state index in [1.165, 1.54) is 14.0 Å². The lowest BCUT2D eigenvalue weighted by atomic mass is 9.82. The Hall–Kier alpha value is -2.51. The van der Waals surface area contributed by atoms with Gasteiger partial charge in [-0.15, -0.1) is 12.4 Å². The standard InChI is InChI=1S/C42H69NO15.ClH/c1-23(2)19-32(47)56-40-27(6)53-34(22-42(40,8)50)57-37-26(5)54-41(36(49)35(37)43(9)10)58-38-29(17-18-44)20-24(3)30(46)16-14-12-13-15-25(4)52-33(48)21-31(39(38)51-11)55-28(7)45;/h12-14,16,18,23-27,29-31,34-41,46,49-50H,15,17,19-22H2,1-11H3;1H/b13-12-,16-14+;/t24-,25-,26-,27+,29+,30+,31-,34+,35-,36-,37-,38?,39+,40+,41+,42-;/m1./s1. The van der Waals surface area contributed by atoms with Crippen LogP contribution in [-0.2, 0) is 57.1 Å². The summed E-state index contributed by atoms with van der Waals surface area (Å²) in [4.78, 5) is 52.3. The largest absolute Gasteiger partial charge is 0.462 e. The van der Waals surface area contributed by atoms with Crippen LogP contribution in [0.4, 0.5) is 0 Å². The maximum Gasteiger partial charge on any atom is 0.309 e. The smallest absolute Gasteiger partial charge is 0.309 e. The molecule has 340 valence electrons. The van der Waals surface area contributed by atoms with Crippen molar-refractivity contribution in [2.45, 2.75) is 179 Å². The van der Waals surface area contributed by atoms with Gasteiger partial charge in [0.25, 0.3) is 0 Å². The van der Waals surface area contributed by atoms with E-state index in [2.05, 4.69) is 0 Å². The van der Waals surface area contributed by atoms with E-state index in [1.807, 2.05) is 20.8 Å². The molecule has 0 spiro atoms. The molecule has 0 radical (unpaired) electrons. The van der Waals surface area contributed by atoms with Gasteiger partial charge in [0.15, 0.2) is 18.7 Å². The van der Waals surface area contributed by atoms with E-state index in [1.54, 1.807) is 71.0 Å². The number of ether oxygens (including phenoxy) is 8. The van der Waals surface area contributed by atoms with Crippen molar-refractivity contribution in [1.29, 1.82) is 0 Å². The van der Waals surface area contributed by atoms with E-state index in [0.29, 0.717) is 12.7 Å². The Bertz CT molecular complexity index is 1390. The van der Waals surface area contributed by atoms with Gasteiger partial charge in [0.05, 0.1) is 36.9 Å². The normalized spacial score (nSPS) is 40.0. The number of aliphatic hydroxyl groups excluding tert-OH is 2. The number of hydrogen-bond donors (Lipinski definition) is 3. The average Bonchev–Trinajstić information content (AvgIpc) is 3.09. The predicted molar refractivity (Wildman–Crippen MR) is 217 cm³/mol. The van der Waals surface area contributed by atoms with Crippen molar-refractivity contribution in [3.8, 4) is 0 Å². The Balaban J connectivity index is 0.0000120. The average molecular weight is 864 g/mol. The minimum atomic E-state index is -1.50. The minimum absolute atomic E-state index is 0. The Morgan fingerprint density at radius 1 is 1.02 bits per heavy atom. The Kier molecular flexibility index (Phi) is 21.6. The molecule has 0 amide bonds. The maximum atomic E-state index is 13.2. The fraction of sp³-hybridized carbons (Fsp3) is 0.810. The summed E-state index contributed by atoms with van der Waals surface area (Å²) in [7, 11) is 4.86. The fourth-order valence-electron chi connectivity index (χ4n) is 8.08. The first-order valence-electron chi connectivity index (χ1n) is 20.4. The third-order valence-electron chi connectivity index (χ3n) is 10.9. The molecule has 0 aromatic heterocycles. The monoisotopic (exact) mass is 863 g/mol. The molecule has 3 aliphatic heterocycles. The van der Waals surface area contributed by atoms with Crippen LogP contribution in [0.15, 0.2) is 24.3 Å². The number of aliphatic hydroxyl groups is 3. The first-order chi connectivity index (χ1) is 27.2. The number of aldehydes is 1. The number of hydrogen-bond acceptors (Lipinski definition) is 16. The maximum absolute atomic E-state index is 13.2. The number of carbonyl (C=O) groups excluding carboxylic acids is 4. The summed E-state index contributed by atoms with van der Waals surface area (Å²) in [5.74, 6) is -2.82. The molecule has 3 heterocycles. The van der Waals surface area contributed by atoms with Crippen LogP contribution in [0.3, 0.4) is 0 Å². The summed E-state index contributed by atoms with van der Waals surface area (Å²) < 4.78 is 48.6. The molecule has 16 nitrogen and oxygen atoms in total. The minimum Gasteiger partial charge on any atom is -0.462 e. The Labute approximate surface area is 355 Å². The molecule has 17 heteroatoms. The zero-order valence-electron chi connectivity index (χ0n) is 36.5. The molecule has 0 aromatic rings. The Morgan fingerprint density at radius 2 is 1.69 bits per heavy atom. The van der Waals surface area contributed by atoms with Crippen molar-refractivity contribution in [2.75, 3.05) is 21.2 Å². The molecule has 0 aliphatic carbocycles. The van der Waals surface area contributed by atoms with Crippen molar-refractivity contribution in [2.24, 2.45) is 17.8 Å². The lowest BCUT2D eigenvalue weighted by Gasteiger charge is -2.50. The van der Waals surface area contributed by atoms with E-state index in [-0.39, 0.29) is 44.0 Å². The van der Waals surface area contributed by atoms with Gasteiger partial charge in [0.1, 0.15) is 42.4 Å². The quantitative estimate of drug-likeness (QED) is 0.146. The van der Waals surface area contributed by atoms with Gasteiger partial charge < -0.3 is 62.9 Å². The van der Waals surface area contributed by atoms with Crippen LogP contribution in [0, 0.1) is 17.8 Å². The molecule has 0 bridgehead atoms. The topological polar surface area (TPSA) is 206 Å². The van der Waals surface area contributed by atoms with Crippen LogP contribution >= 0.6 is 12.4 Å². The summed E-state index contributed by atoms with van der Waals surface area (Å²) in [6, 6.07) is -0.782. The van der Waals surface area contributed by atoms with Crippen LogP contribution in [0.2, 0.25) is 0 Å². The van der Waals surface area contributed by atoms with E-state index < -0.39 is 121 Å².